The molecule has 150 valence electrons. The molecule has 2 atom stereocenters. The van der Waals surface area contributed by atoms with Crippen LogP contribution < -0.4 is 10.6 Å². The van der Waals surface area contributed by atoms with Crippen molar-refractivity contribution in [2.75, 3.05) is 32.8 Å². The first-order valence-corrected chi connectivity index (χ1v) is 11.1. The van der Waals surface area contributed by atoms with Crippen LogP contribution in [-0.2, 0) is 26.0 Å². The van der Waals surface area contributed by atoms with Gasteiger partial charge in [-0.3, -0.25) is 4.79 Å². The summed E-state index contributed by atoms with van der Waals surface area (Å²) in [6.45, 7) is 4.74. The Morgan fingerprint density at radius 3 is 2.63 bits per heavy atom. The third-order valence-corrected chi connectivity index (χ3v) is 7.19. The quantitative estimate of drug-likeness (QED) is 0.747. The van der Waals surface area contributed by atoms with E-state index in [9.17, 15) is 13.2 Å². The van der Waals surface area contributed by atoms with Gasteiger partial charge in [0.25, 0.3) is 0 Å². The molecule has 0 aliphatic carbocycles. The molecule has 2 fully saturated rings. The molecule has 2 unspecified atom stereocenters. The van der Waals surface area contributed by atoms with E-state index in [4.69, 9.17) is 4.74 Å². The van der Waals surface area contributed by atoms with E-state index in [1.807, 2.05) is 0 Å². The molecule has 8 heteroatoms. The Hall–Kier alpha value is -1.48. The summed E-state index contributed by atoms with van der Waals surface area (Å²) in [5.74, 6) is 0.0422. The second kappa shape index (κ2) is 9.14. The maximum atomic E-state index is 12.6. The maximum absolute atomic E-state index is 12.6. The normalized spacial score (nSPS) is 24.5. The predicted molar refractivity (Wildman–Crippen MR) is 103 cm³/mol. The van der Waals surface area contributed by atoms with Gasteiger partial charge in [-0.15, -0.1) is 0 Å². The van der Waals surface area contributed by atoms with Gasteiger partial charge >= 0.3 is 0 Å². The van der Waals surface area contributed by atoms with E-state index in [-0.39, 0.29) is 11.9 Å². The highest BCUT2D eigenvalue weighted by Gasteiger charge is 2.26. The Bertz CT molecular complexity index is 730. The van der Waals surface area contributed by atoms with Crippen LogP contribution in [0.3, 0.4) is 0 Å². The lowest BCUT2D eigenvalue weighted by molar-refractivity contribution is -0.122. The number of amides is 1. The fourth-order valence-electron chi connectivity index (χ4n) is 3.54. The summed E-state index contributed by atoms with van der Waals surface area (Å²) >= 11 is 0. The summed E-state index contributed by atoms with van der Waals surface area (Å²) in [6.07, 6.45) is 3.08. The van der Waals surface area contributed by atoms with Crippen molar-refractivity contribution >= 4 is 15.9 Å². The third kappa shape index (κ3) is 5.28. The lowest BCUT2D eigenvalue weighted by atomic mass is 9.99. The minimum atomic E-state index is -3.47. The van der Waals surface area contributed by atoms with Crippen molar-refractivity contribution in [3.05, 3.63) is 29.8 Å². The first kappa shape index (κ1) is 20.3. The second-order valence-corrected chi connectivity index (χ2v) is 9.16. The monoisotopic (exact) mass is 395 g/mol. The molecule has 2 N–H and O–H groups in total. The largest absolute Gasteiger partial charge is 0.379 e. The van der Waals surface area contributed by atoms with Crippen LogP contribution in [0.2, 0.25) is 0 Å². The lowest BCUT2D eigenvalue weighted by Crippen LogP contribution is -2.51. The molecule has 0 spiro atoms. The number of aryl methyl sites for hydroxylation is 1. The van der Waals surface area contributed by atoms with E-state index in [2.05, 4.69) is 17.6 Å². The number of nitrogens with one attached hydrogen (secondary N) is 2. The highest BCUT2D eigenvalue weighted by Crippen LogP contribution is 2.18. The molecular weight excluding hydrogens is 366 g/mol. The number of piperidine rings is 1. The molecular formula is C19H29N3O4S. The maximum Gasteiger partial charge on any atom is 0.243 e. The van der Waals surface area contributed by atoms with Gasteiger partial charge in [0.2, 0.25) is 15.9 Å². The summed E-state index contributed by atoms with van der Waals surface area (Å²) < 4.78 is 31.9. The van der Waals surface area contributed by atoms with E-state index in [1.165, 1.54) is 4.31 Å². The number of rotatable bonds is 6. The molecule has 0 aromatic heterocycles. The van der Waals surface area contributed by atoms with Gasteiger partial charge in [0.1, 0.15) is 0 Å². The van der Waals surface area contributed by atoms with Gasteiger partial charge in [-0.2, -0.15) is 4.31 Å². The molecule has 1 aromatic carbocycles. The van der Waals surface area contributed by atoms with Crippen LogP contribution in [0, 0.1) is 0 Å². The van der Waals surface area contributed by atoms with E-state index in [0.717, 1.165) is 24.9 Å². The minimum absolute atomic E-state index is 0.0422. The zero-order chi connectivity index (χ0) is 19.3. The van der Waals surface area contributed by atoms with Crippen molar-refractivity contribution < 1.29 is 17.9 Å². The van der Waals surface area contributed by atoms with Crippen molar-refractivity contribution in [3.8, 4) is 0 Å². The van der Waals surface area contributed by atoms with Crippen LogP contribution in [0.4, 0.5) is 0 Å². The van der Waals surface area contributed by atoms with Crippen LogP contribution in [-0.4, -0.2) is 63.6 Å². The Labute approximate surface area is 161 Å². The van der Waals surface area contributed by atoms with Crippen molar-refractivity contribution in [2.24, 2.45) is 0 Å². The lowest BCUT2D eigenvalue weighted by Gasteiger charge is -2.30. The number of benzene rings is 1. The second-order valence-electron chi connectivity index (χ2n) is 7.22. The van der Waals surface area contributed by atoms with Crippen molar-refractivity contribution in [2.45, 2.75) is 49.6 Å². The fraction of sp³-hybridized carbons (Fsp3) is 0.632. The third-order valence-electron chi connectivity index (χ3n) is 5.28. The van der Waals surface area contributed by atoms with E-state index < -0.39 is 10.0 Å². The molecule has 3 rings (SSSR count). The van der Waals surface area contributed by atoms with E-state index in [1.54, 1.807) is 24.3 Å². The summed E-state index contributed by atoms with van der Waals surface area (Å²) in [7, 11) is -3.47. The van der Waals surface area contributed by atoms with Crippen LogP contribution in [0.5, 0.6) is 0 Å². The molecule has 2 aliphatic rings. The summed E-state index contributed by atoms with van der Waals surface area (Å²) in [4.78, 5) is 12.5. The topological polar surface area (TPSA) is 87.7 Å². The number of hydrogen-bond donors (Lipinski definition) is 2. The average molecular weight is 396 g/mol. The molecule has 2 aliphatic heterocycles. The van der Waals surface area contributed by atoms with Crippen molar-refractivity contribution in [1.29, 1.82) is 0 Å². The summed E-state index contributed by atoms with van der Waals surface area (Å²) in [6, 6.07) is 7.34. The Morgan fingerprint density at radius 2 is 1.96 bits per heavy atom. The van der Waals surface area contributed by atoms with Gasteiger partial charge in [0.05, 0.1) is 18.1 Å². The van der Waals surface area contributed by atoms with Gasteiger partial charge in [0.15, 0.2) is 0 Å². The van der Waals surface area contributed by atoms with Crippen LogP contribution >= 0.6 is 0 Å². The van der Waals surface area contributed by atoms with Gasteiger partial charge in [-0.05, 0) is 50.4 Å². The van der Waals surface area contributed by atoms with Gasteiger partial charge in [-0.25, -0.2) is 8.42 Å². The summed E-state index contributed by atoms with van der Waals surface area (Å²) in [5.41, 5.74) is 0.959. The van der Waals surface area contributed by atoms with Gasteiger partial charge in [0, 0.05) is 31.6 Å². The van der Waals surface area contributed by atoms with Gasteiger partial charge in [-0.1, -0.05) is 12.1 Å². The Balaban J connectivity index is 1.52. The number of hydrogen-bond acceptors (Lipinski definition) is 5. The first-order valence-electron chi connectivity index (χ1n) is 9.66. The van der Waals surface area contributed by atoms with Crippen molar-refractivity contribution in [1.82, 2.24) is 14.9 Å². The highest BCUT2D eigenvalue weighted by atomic mass is 32.2. The average Bonchev–Trinajstić information content (AvgIpc) is 2.69. The number of carbonyl (C=O) groups excluding carboxylic acids is 1. The molecule has 1 aromatic rings. The smallest absolute Gasteiger partial charge is 0.243 e. The van der Waals surface area contributed by atoms with E-state index >= 15 is 0 Å². The van der Waals surface area contributed by atoms with Crippen LogP contribution in [0.1, 0.15) is 31.7 Å². The van der Waals surface area contributed by atoms with Crippen LogP contribution in [0.25, 0.3) is 0 Å². The predicted octanol–water partition coefficient (Wildman–Crippen LogP) is 0.897. The molecule has 0 saturated carbocycles. The fourth-order valence-corrected chi connectivity index (χ4v) is 4.95. The molecule has 0 bridgehead atoms. The Morgan fingerprint density at radius 1 is 1.26 bits per heavy atom. The molecule has 0 radical (unpaired) electrons. The zero-order valence-corrected chi connectivity index (χ0v) is 16.6. The molecule has 2 heterocycles. The number of ether oxygens (including phenoxy) is 1. The van der Waals surface area contributed by atoms with Crippen molar-refractivity contribution in [3.63, 3.8) is 0 Å². The number of nitrogens with zero attached hydrogens (tertiary/aromatic N) is 1. The minimum Gasteiger partial charge on any atom is -0.379 e. The number of sulfonamides is 1. The highest BCUT2D eigenvalue weighted by molar-refractivity contribution is 7.89. The number of morpholine rings is 1. The Kier molecular flexibility index (Phi) is 6.86. The molecule has 1 amide bonds. The molecule has 27 heavy (non-hydrogen) atoms. The zero-order valence-electron chi connectivity index (χ0n) is 15.8. The van der Waals surface area contributed by atoms with Gasteiger partial charge < -0.3 is 15.4 Å². The standard InChI is InChI=1S/C19H29N3O4S/c1-15-18(3-2-10-20-15)21-19(23)9-6-16-4-7-17(8-5-16)27(24,25)22-11-13-26-14-12-22/h4-5,7-8,15,18,20H,2-3,6,9-14H2,1H3,(H,21,23). The van der Waals surface area contributed by atoms with E-state index in [0.29, 0.717) is 50.1 Å². The van der Waals surface area contributed by atoms with Crippen LogP contribution in [0.15, 0.2) is 29.2 Å². The molecule has 2 saturated heterocycles. The summed E-state index contributed by atoms with van der Waals surface area (Å²) in [5, 5.41) is 6.48. The SMILES string of the molecule is CC1NCCCC1NC(=O)CCc1ccc(S(=O)(=O)N2CCOCC2)cc1. The first-order chi connectivity index (χ1) is 13.0. The molecule has 7 nitrogen and oxygen atoms in total. The number of carbonyl (C=O) groups is 1.